The summed E-state index contributed by atoms with van der Waals surface area (Å²) in [6.07, 6.45) is -2.88. The standard InChI is InChI=1S/C7H7F3N2S/c8-7(9,10)4-3-13-5(12-4)6(11)1-2-6/h3H,1-2,11H2. The van der Waals surface area contributed by atoms with E-state index in [1.54, 1.807) is 0 Å². The Kier molecular flexibility index (Phi) is 1.69. The molecule has 72 valence electrons. The third-order valence-corrected chi connectivity index (χ3v) is 3.07. The van der Waals surface area contributed by atoms with Gasteiger partial charge < -0.3 is 5.73 Å². The molecule has 1 aliphatic carbocycles. The summed E-state index contributed by atoms with van der Waals surface area (Å²) in [4.78, 5) is 3.48. The Morgan fingerprint density at radius 3 is 2.46 bits per heavy atom. The zero-order valence-electron chi connectivity index (χ0n) is 6.56. The van der Waals surface area contributed by atoms with Crippen molar-refractivity contribution < 1.29 is 13.2 Å². The van der Waals surface area contributed by atoms with Crippen molar-refractivity contribution in [1.29, 1.82) is 0 Å². The minimum absolute atomic E-state index is 0.403. The van der Waals surface area contributed by atoms with Crippen molar-refractivity contribution in [2.75, 3.05) is 0 Å². The maximum atomic E-state index is 12.1. The van der Waals surface area contributed by atoms with Crippen LogP contribution in [0.2, 0.25) is 0 Å². The molecule has 0 radical (unpaired) electrons. The summed E-state index contributed by atoms with van der Waals surface area (Å²) in [5, 5.41) is 1.42. The fourth-order valence-electron chi connectivity index (χ4n) is 0.981. The van der Waals surface area contributed by atoms with Crippen LogP contribution in [0.4, 0.5) is 13.2 Å². The van der Waals surface area contributed by atoms with Crippen molar-refractivity contribution in [3.05, 3.63) is 16.1 Å². The first-order valence-electron chi connectivity index (χ1n) is 3.74. The highest BCUT2D eigenvalue weighted by atomic mass is 32.1. The van der Waals surface area contributed by atoms with Crippen LogP contribution in [0.25, 0.3) is 0 Å². The fraction of sp³-hybridized carbons (Fsp3) is 0.571. The number of thiazole rings is 1. The van der Waals surface area contributed by atoms with Gasteiger partial charge in [0.15, 0.2) is 5.69 Å². The first-order chi connectivity index (χ1) is 5.92. The van der Waals surface area contributed by atoms with Crippen LogP contribution in [-0.4, -0.2) is 4.98 Å². The second-order valence-electron chi connectivity index (χ2n) is 3.19. The SMILES string of the molecule is NC1(c2nc(C(F)(F)F)cs2)CC1. The zero-order chi connectivity index (χ0) is 9.69. The Bertz CT molecular complexity index is 307. The van der Waals surface area contributed by atoms with Gasteiger partial charge in [-0.25, -0.2) is 4.98 Å². The van der Waals surface area contributed by atoms with Crippen molar-refractivity contribution in [2.45, 2.75) is 24.6 Å². The molecular formula is C7H7F3N2S. The van der Waals surface area contributed by atoms with E-state index in [1.165, 1.54) is 0 Å². The van der Waals surface area contributed by atoms with Crippen LogP contribution in [0.5, 0.6) is 0 Å². The van der Waals surface area contributed by atoms with Crippen LogP contribution < -0.4 is 5.73 Å². The van der Waals surface area contributed by atoms with Gasteiger partial charge in [0.25, 0.3) is 0 Å². The molecule has 2 N–H and O–H groups in total. The van der Waals surface area contributed by atoms with Crippen LogP contribution in [0, 0.1) is 0 Å². The van der Waals surface area contributed by atoms with Gasteiger partial charge in [-0.05, 0) is 12.8 Å². The first kappa shape index (κ1) is 8.96. The Balaban J connectivity index is 2.29. The van der Waals surface area contributed by atoms with Crippen molar-refractivity contribution in [1.82, 2.24) is 4.98 Å². The summed E-state index contributed by atoms with van der Waals surface area (Å²) in [5.74, 6) is 0. The number of nitrogens with zero attached hydrogens (tertiary/aromatic N) is 1. The highest BCUT2D eigenvalue weighted by Crippen LogP contribution is 2.45. The van der Waals surface area contributed by atoms with Crippen LogP contribution in [0.1, 0.15) is 23.5 Å². The maximum absolute atomic E-state index is 12.1. The molecule has 0 aliphatic heterocycles. The van der Waals surface area contributed by atoms with Crippen LogP contribution in [0.15, 0.2) is 5.38 Å². The number of alkyl halides is 3. The zero-order valence-corrected chi connectivity index (χ0v) is 7.37. The molecule has 0 aromatic carbocycles. The summed E-state index contributed by atoms with van der Waals surface area (Å²) in [6, 6.07) is 0. The molecule has 1 aliphatic rings. The summed E-state index contributed by atoms with van der Waals surface area (Å²) in [6.45, 7) is 0. The van der Waals surface area contributed by atoms with E-state index in [2.05, 4.69) is 4.98 Å². The number of aromatic nitrogens is 1. The molecule has 0 saturated heterocycles. The minimum Gasteiger partial charge on any atom is -0.319 e. The van der Waals surface area contributed by atoms with Gasteiger partial charge in [-0.15, -0.1) is 11.3 Å². The van der Waals surface area contributed by atoms with E-state index in [4.69, 9.17) is 5.73 Å². The lowest BCUT2D eigenvalue weighted by Gasteiger charge is -2.03. The van der Waals surface area contributed by atoms with Crippen molar-refractivity contribution in [2.24, 2.45) is 5.73 Å². The molecule has 0 bridgehead atoms. The number of hydrogen-bond acceptors (Lipinski definition) is 3. The van der Waals surface area contributed by atoms with Gasteiger partial charge in [0.05, 0.1) is 5.54 Å². The first-order valence-corrected chi connectivity index (χ1v) is 4.62. The predicted molar refractivity (Wildman–Crippen MR) is 42.2 cm³/mol. The molecule has 0 spiro atoms. The van der Waals surface area contributed by atoms with E-state index >= 15 is 0 Å². The van der Waals surface area contributed by atoms with E-state index in [9.17, 15) is 13.2 Å². The van der Waals surface area contributed by atoms with Crippen molar-refractivity contribution in [3.8, 4) is 0 Å². The molecule has 0 unspecified atom stereocenters. The molecular weight excluding hydrogens is 201 g/mol. The highest BCUT2D eigenvalue weighted by Gasteiger charge is 2.44. The molecule has 1 aromatic rings. The van der Waals surface area contributed by atoms with E-state index in [0.717, 1.165) is 29.6 Å². The topological polar surface area (TPSA) is 38.9 Å². The highest BCUT2D eigenvalue weighted by molar-refractivity contribution is 7.09. The Labute approximate surface area is 76.6 Å². The summed E-state index contributed by atoms with van der Waals surface area (Å²) in [7, 11) is 0. The van der Waals surface area contributed by atoms with E-state index in [0.29, 0.717) is 5.01 Å². The smallest absolute Gasteiger partial charge is 0.319 e. The normalized spacial score (nSPS) is 20.3. The number of rotatable bonds is 1. The molecule has 13 heavy (non-hydrogen) atoms. The molecule has 0 amide bonds. The number of hydrogen-bond donors (Lipinski definition) is 1. The molecule has 1 saturated carbocycles. The average molecular weight is 208 g/mol. The largest absolute Gasteiger partial charge is 0.434 e. The van der Waals surface area contributed by atoms with Gasteiger partial charge in [-0.2, -0.15) is 13.2 Å². The van der Waals surface area contributed by atoms with E-state index < -0.39 is 17.4 Å². The molecule has 6 heteroatoms. The number of halogens is 3. The predicted octanol–water partition coefficient (Wildman–Crippen LogP) is 2.11. The molecule has 0 atom stereocenters. The van der Waals surface area contributed by atoms with E-state index in [-0.39, 0.29) is 0 Å². The number of nitrogens with two attached hydrogens (primary N) is 1. The Morgan fingerprint density at radius 1 is 1.46 bits per heavy atom. The molecule has 2 rings (SSSR count). The van der Waals surface area contributed by atoms with Gasteiger partial charge in [0, 0.05) is 5.38 Å². The fourth-order valence-corrected chi connectivity index (χ4v) is 1.98. The Hall–Kier alpha value is -0.620. The lowest BCUT2D eigenvalue weighted by Crippen LogP contribution is -2.19. The molecule has 1 heterocycles. The molecule has 2 nitrogen and oxygen atoms in total. The van der Waals surface area contributed by atoms with Crippen molar-refractivity contribution in [3.63, 3.8) is 0 Å². The molecule has 1 fully saturated rings. The van der Waals surface area contributed by atoms with Crippen LogP contribution in [0.3, 0.4) is 0 Å². The van der Waals surface area contributed by atoms with Crippen LogP contribution >= 0.6 is 11.3 Å². The Morgan fingerprint density at radius 2 is 2.08 bits per heavy atom. The summed E-state index contributed by atoms with van der Waals surface area (Å²) >= 11 is 0.990. The van der Waals surface area contributed by atoms with Gasteiger partial charge in [0.1, 0.15) is 5.01 Å². The third-order valence-electron chi connectivity index (χ3n) is 2.01. The average Bonchev–Trinajstić information content (AvgIpc) is 2.60. The van der Waals surface area contributed by atoms with Crippen molar-refractivity contribution >= 4 is 11.3 Å². The second kappa shape index (κ2) is 2.45. The van der Waals surface area contributed by atoms with Gasteiger partial charge in [-0.1, -0.05) is 0 Å². The van der Waals surface area contributed by atoms with Gasteiger partial charge in [-0.3, -0.25) is 0 Å². The lowest BCUT2D eigenvalue weighted by molar-refractivity contribution is -0.140. The van der Waals surface area contributed by atoms with Crippen LogP contribution in [-0.2, 0) is 11.7 Å². The summed E-state index contributed by atoms with van der Waals surface area (Å²) < 4.78 is 36.3. The quantitative estimate of drug-likeness (QED) is 0.767. The van der Waals surface area contributed by atoms with E-state index in [1.807, 2.05) is 0 Å². The van der Waals surface area contributed by atoms with Gasteiger partial charge in [0.2, 0.25) is 0 Å². The lowest BCUT2D eigenvalue weighted by atomic mass is 10.3. The maximum Gasteiger partial charge on any atom is 0.434 e. The minimum atomic E-state index is -4.35. The monoisotopic (exact) mass is 208 g/mol. The third kappa shape index (κ3) is 1.55. The summed E-state index contributed by atoms with van der Waals surface area (Å²) in [5.41, 5.74) is 4.31. The van der Waals surface area contributed by atoms with Gasteiger partial charge >= 0.3 is 6.18 Å². The molecule has 1 aromatic heterocycles. The second-order valence-corrected chi connectivity index (χ2v) is 4.05.